The Morgan fingerprint density at radius 1 is 0.440 bits per heavy atom. The van der Waals surface area contributed by atoms with E-state index in [1.165, 1.54) is 109 Å². The summed E-state index contributed by atoms with van der Waals surface area (Å²) in [5.74, 6) is 2.21. The summed E-state index contributed by atoms with van der Waals surface area (Å²) >= 11 is 0. The van der Waals surface area contributed by atoms with E-state index >= 15 is 0 Å². The lowest BCUT2D eigenvalue weighted by Gasteiger charge is -2.19. The highest BCUT2D eigenvalue weighted by atomic mass is 14.3. The molecular formula is C25H50. The summed E-state index contributed by atoms with van der Waals surface area (Å²) in [5, 5.41) is 0. The van der Waals surface area contributed by atoms with E-state index in [-0.39, 0.29) is 0 Å². The van der Waals surface area contributed by atoms with Gasteiger partial charge < -0.3 is 0 Å². The fraction of sp³-hybridized carbons (Fsp3) is 1.00. The summed E-state index contributed by atoms with van der Waals surface area (Å²) in [6.45, 7) is 4.62. The van der Waals surface area contributed by atoms with Crippen molar-refractivity contribution in [3.8, 4) is 0 Å². The smallest absolute Gasteiger partial charge is 0.0386 e. The lowest BCUT2D eigenvalue weighted by Crippen LogP contribution is -2.08. The lowest BCUT2D eigenvalue weighted by atomic mass is 9.86. The summed E-state index contributed by atoms with van der Waals surface area (Å²) in [7, 11) is 0. The molecule has 2 fully saturated rings. The molecule has 0 aromatic heterocycles. The lowest BCUT2D eigenvalue weighted by molar-refractivity contribution is 0.322. The molecule has 2 rings (SSSR count). The molecule has 0 aliphatic heterocycles. The molecule has 0 saturated heterocycles. The summed E-state index contributed by atoms with van der Waals surface area (Å²) in [5.41, 5.74) is 0. The minimum Gasteiger partial charge on any atom is -0.0654 e. The van der Waals surface area contributed by atoms with Gasteiger partial charge >= 0.3 is 0 Å². The summed E-state index contributed by atoms with van der Waals surface area (Å²) in [6.07, 6.45) is 31.3. The molecule has 0 heterocycles. The van der Waals surface area contributed by atoms with Gasteiger partial charge in [-0.1, -0.05) is 149 Å². The standard InChI is InChI=1S/C20H40.C5H10/c1-3-5-7-9-11-13-16-20-18-14-17-19(20)15-12-10-8-6-4-2;1-2-4-5-3-1/h19-20H,3-18H2,1-2H3;1-5H2/t19-,20-;/m0./s1. The van der Waals surface area contributed by atoms with E-state index in [1.54, 1.807) is 25.7 Å². The molecule has 0 aromatic rings. The highest BCUT2D eigenvalue weighted by Crippen LogP contribution is 2.38. The van der Waals surface area contributed by atoms with Gasteiger partial charge in [0, 0.05) is 0 Å². The fourth-order valence-corrected chi connectivity index (χ4v) is 4.95. The average Bonchev–Trinajstić information content (AvgIpc) is 3.33. The zero-order chi connectivity index (χ0) is 18.0. The van der Waals surface area contributed by atoms with Gasteiger partial charge in [0.2, 0.25) is 0 Å². The van der Waals surface area contributed by atoms with Crippen LogP contribution < -0.4 is 0 Å². The van der Waals surface area contributed by atoms with Gasteiger partial charge in [-0.15, -0.1) is 0 Å². The minimum absolute atomic E-state index is 1.10. The molecule has 2 aliphatic carbocycles. The largest absolute Gasteiger partial charge is 0.0654 e. The van der Waals surface area contributed by atoms with Crippen LogP contribution in [0, 0.1) is 11.8 Å². The van der Waals surface area contributed by atoms with Crippen molar-refractivity contribution < 1.29 is 0 Å². The van der Waals surface area contributed by atoms with E-state index in [4.69, 9.17) is 0 Å². The van der Waals surface area contributed by atoms with Gasteiger partial charge in [-0.05, 0) is 11.8 Å². The Morgan fingerprint density at radius 2 is 0.800 bits per heavy atom. The Morgan fingerprint density at radius 3 is 1.20 bits per heavy atom. The van der Waals surface area contributed by atoms with E-state index in [9.17, 15) is 0 Å². The van der Waals surface area contributed by atoms with Crippen molar-refractivity contribution in [3.05, 3.63) is 0 Å². The third-order valence-electron chi connectivity index (χ3n) is 6.67. The first-order valence-electron chi connectivity index (χ1n) is 12.4. The van der Waals surface area contributed by atoms with Crippen LogP contribution in [0.25, 0.3) is 0 Å². The maximum Gasteiger partial charge on any atom is -0.0386 e. The van der Waals surface area contributed by atoms with Crippen molar-refractivity contribution in [1.82, 2.24) is 0 Å². The van der Waals surface area contributed by atoms with Gasteiger partial charge in [0.1, 0.15) is 0 Å². The minimum atomic E-state index is 1.10. The molecule has 2 saturated carbocycles. The number of hydrogen-bond acceptors (Lipinski definition) is 0. The summed E-state index contributed by atoms with van der Waals surface area (Å²) in [4.78, 5) is 0. The Kier molecular flexibility index (Phi) is 16.1. The maximum atomic E-state index is 2.31. The van der Waals surface area contributed by atoms with Crippen LogP contribution in [-0.2, 0) is 0 Å². The molecule has 0 radical (unpaired) electrons. The second kappa shape index (κ2) is 17.4. The maximum absolute atomic E-state index is 2.31. The van der Waals surface area contributed by atoms with Gasteiger partial charge in [0.25, 0.3) is 0 Å². The molecule has 25 heavy (non-hydrogen) atoms. The molecule has 0 nitrogen and oxygen atoms in total. The molecule has 0 bridgehead atoms. The van der Waals surface area contributed by atoms with E-state index in [1.807, 2.05) is 0 Å². The van der Waals surface area contributed by atoms with Crippen LogP contribution in [0.2, 0.25) is 0 Å². The first-order chi connectivity index (χ1) is 12.4. The summed E-state index contributed by atoms with van der Waals surface area (Å²) < 4.78 is 0. The van der Waals surface area contributed by atoms with Crippen molar-refractivity contribution >= 4 is 0 Å². The van der Waals surface area contributed by atoms with Crippen LogP contribution in [0.4, 0.5) is 0 Å². The van der Waals surface area contributed by atoms with Crippen LogP contribution in [0.3, 0.4) is 0 Å². The number of hydrogen-bond donors (Lipinski definition) is 0. The fourth-order valence-electron chi connectivity index (χ4n) is 4.95. The zero-order valence-electron chi connectivity index (χ0n) is 18.0. The molecule has 2 atom stereocenters. The normalized spacial score (nSPS) is 22.8. The molecule has 150 valence electrons. The number of rotatable bonds is 13. The Hall–Kier alpha value is 0. The van der Waals surface area contributed by atoms with Crippen molar-refractivity contribution in [2.75, 3.05) is 0 Å². The first-order valence-corrected chi connectivity index (χ1v) is 12.4. The highest BCUT2D eigenvalue weighted by molar-refractivity contribution is 4.77. The van der Waals surface area contributed by atoms with Crippen molar-refractivity contribution in [2.45, 2.75) is 149 Å². The zero-order valence-corrected chi connectivity index (χ0v) is 18.0. The monoisotopic (exact) mass is 350 g/mol. The second-order valence-corrected chi connectivity index (χ2v) is 8.98. The third kappa shape index (κ3) is 12.9. The Balaban J connectivity index is 0.000000531. The Bertz CT molecular complexity index is 245. The predicted octanol–water partition coefficient (Wildman–Crippen LogP) is 9.46. The molecule has 0 spiro atoms. The average molecular weight is 351 g/mol. The van der Waals surface area contributed by atoms with E-state index in [2.05, 4.69) is 13.8 Å². The molecule has 0 aromatic carbocycles. The summed E-state index contributed by atoms with van der Waals surface area (Å²) in [6, 6.07) is 0. The molecule has 0 amide bonds. The molecule has 0 unspecified atom stereocenters. The van der Waals surface area contributed by atoms with Gasteiger partial charge in [-0.2, -0.15) is 0 Å². The quantitative estimate of drug-likeness (QED) is 0.290. The van der Waals surface area contributed by atoms with Gasteiger partial charge in [0.15, 0.2) is 0 Å². The molecular weight excluding hydrogens is 300 g/mol. The molecule has 0 heteroatoms. The van der Waals surface area contributed by atoms with Crippen LogP contribution in [0.15, 0.2) is 0 Å². The molecule has 2 aliphatic rings. The van der Waals surface area contributed by atoms with Gasteiger partial charge in [-0.25, -0.2) is 0 Å². The van der Waals surface area contributed by atoms with Crippen LogP contribution in [0.1, 0.15) is 149 Å². The second-order valence-electron chi connectivity index (χ2n) is 8.98. The van der Waals surface area contributed by atoms with E-state index in [0.29, 0.717) is 0 Å². The highest BCUT2D eigenvalue weighted by Gasteiger charge is 2.25. The predicted molar refractivity (Wildman–Crippen MR) is 115 cm³/mol. The van der Waals surface area contributed by atoms with Crippen LogP contribution >= 0.6 is 0 Å². The molecule has 0 N–H and O–H groups in total. The third-order valence-corrected chi connectivity index (χ3v) is 6.67. The van der Waals surface area contributed by atoms with Crippen molar-refractivity contribution in [3.63, 3.8) is 0 Å². The van der Waals surface area contributed by atoms with Crippen LogP contribution in [-0.4, -0.2) is 0 Å². The van der Waals surface area contributed by atoms with E-state index in [0.717, 1.165) is 11.8 Å². The van der Waals surface area contributed by atoms with Crippen LogP contribution in [0.5, 0.6) is 0 Å². The van der Waals surface area contributed by atoms with Crippen molar-refractivity contribution in [2.24, 2.45) is 11.8 Å². The van der Waals surface area contributed by atoms with Crippen molar-refractivity contribution in [1.29, 1.82) is 0 Å². The van der Waals surface area contributed by atoms with Gasteiger partial charge in [-0.3, -0.25) is 0 Å². The SMILES string of the molecule is C1CCCC1.CCCCCCCC[C@H]1CCC[C@@H]1CCCCCCC. The first kappa shape index (κ1) is 23.0. The number of unbranched alkanes of at least 4 members (excludes halogenated alkanes) is 9. The van der Waals surface area contributed by atoms with E-state index < -0.39 is 0 Å². The topological polar surface area (TPSA) is 0 Å². The van der Waals surface area contributed by atoms with Gasteiger partial charge in [0.05, 0.1) is 0 Å². The Labute approximate surface area is 160 Å².